The fourth-order valence-corrected chi connectivity index (χ4v) is 3.63. The number of aromatic nitrogens is 1. The zero-order chi connectivity index (χ0) is 17.9. The third-order valence-corrected chi connectivity index (χ3v) is 5.04. The van der Waals surface area contributed by atoms with E-state index in [1.165, 1.54) is 11.3 Å². The molecule has 5 nitrogen and oxygen atoms in total. The van der Waals surface area contributed by atoms with E-state index in [1.54, 1.807) is 12.1 Å². The van der Waals surface area contributed by atoms with Crippen LogP contribution in [0.4, 0.5) is 0 Å². The van der Waals surface area contributed by atoms with Crippen molar-refractivity contribution in [2.45, 2.75) is 12.7 Å². The van der Waals surface area contributed by atoms with Gasteiger partial charge in [0.25, 0.3) is 0 Å². The van der Waals surface area contributed by atoms with Crippen molar-refractivity contribution in [2.75, 3.05) is 6.61 Å². The van der Waals surface area contributed by atoms with Crippen LogP contribution in [0.3, 0.4) is 0 Å². The quantitative estimate of drug-likeness (QED) is 0.623. The molecule has 0 N–H and O–H groups in total. The molecular formula is C19H14ClNO4S. The molecule has 0 bridgehead atoms. The Kier molecular flexibility index (Phi) is 4.77. The number of ether oxygens (including phenoxy) is 3. The monoisotopic (exact) mass is 387 g/mol. The van der Waals surface area contributed by atoms with Crippen molar-refractivity contribution in [2.24, 2.45) is 0 Å². The van der Waals surface area contributed by atoms with Gasteiger partial charge in [-0.25, -0.2) is 9.78 Å². The molecule has 2 heterocycles. The largest absolute Gasteiger partial charge is 0.485 e. The van der Waals surface area contributed by atoms with E-state index in [0.29, 0.717) is 22.2 Å². The molecule has 0 unspecified atom stereocenters. The maximum Gasteiger partial charge on any atom is 0.351 e. The Morgan fingerprint density at radius 3 is 2.81 bits per heavy atom. The van der Waals surface area contributed by atoms with Gasteiger partial charge in [0.05, 0.1) is 10.7 Å². The summed E-state index contributed by atoms with van der Waals surface area (Å²) in [7, 11) is 0. The molecule has 2 aromatic carbocycles. The van der Waals surface area contributed by atoms with Crippen LogP contribution in [-0.2, 0) is 16.1 Å². The zero-order valence-electron chi connectivity index (χ0n) is 13.6. The lowest BCUT2D eigenvalue weighted by Gasteiger charge is -2.24. The van der Waals surface area contributed by atoms with E-state index >= 15 is 0 Å². The number of benzene rings is 2. The van der Waals surface area contributed by atoms with Gasteiger partial charge in [-0.2, -0.15) is 0 Å². The molecule has 0 saturated carbocycles. The highest BCUT2D eigenvalue weighted by molar-refractivity contribution is 7.13. The first kappa shape index (κ1) is 16.9. The number of thiazole rings is 1. The summed E-state index contributed by atoms with van der Waals surface area (Å²) in [4.78, 5) is 16.7. The molecular weight excluding hydrogens is 374 g/mol. The van der Waals surface area contributed by atoms with Gasteiger partial charge in [-0.05, 0) is 18.2 Å². The van der Waals surface area contributed by atoms with Crippen molar-refractivity contribution in [1.82, 2.24) is 4.98 Å². The minimum Gasteiger partial charge on any atom is -0.485 e. The summed E-state index contributed by atoms with van der Waals surface area (Å²) in [5.41, 5.74) is 1.52. The van der Waals surface area contributed by atoms with Crippen LogP contribution in [-0.4, -0.2) is 23.7 Å². The summed E-state index contributed by atoms with van der Waals surface area (Å²) < 4.78 is 16.5. The van der Waals surface area contributed by atoms with Gasteiger partial charge in [0.15, 0.2) is 11.5 Å². The van der Waals surface area contributed by atoms with E-state index in [0.717, 1.165) is 10.6 Å². The summed E-state index contributed by atoms with van der Waals surface area (Å²) in [6.45, 7) is 0.194. The average Bonchev–Trinajstić information content (AvgIpc) is 3.15. The van der Waals surface area contributed by atoms with Crippen LogP contribution in [0.25, 0.3) is 10.6 Å². The number of carbonyl (C=O) groups excluding carboxylic acids is 1. The van der Waals surface area contributed by atoms with E-state index in [2.05, 4.69) is 4.98 Å². The number of nitrogens with zero attached hydrogens (tertiary/aromatic N) is 1. The molecule has 1 aromatic heterocycles. The zero-order valence-corrected chi connectivity index (χ0v) is 15.1. The molecule has 1 aliphatic heterocycles. The van der Waals surface area contributed by atoms with Gasteiger partial charge in [0, 0.05) is 10.9 Å². The van der Waals surface area contributed by atoms with Crippen LogP contribution in [0, 0.1) is 0 Å². The molecule has 0 aliphatic carbocycles. The molecule has 1 atom stereocenters. The second-order valence-corrected chi connectivity index (χ2v) is 6.86. The number of halogens is 1. The molecule has 0 fully saturated rings. The third-order valence-electron chi connectivity index (χ3n) is 3.79. The van der Waals surface area contributed by atoms with Crippen molar-refractivity contribution in [3.05, 3.63) is 64.6 Å². The summed E-state index contributed by atoms with van der Waals surface area (Å²) >= 11 is 7.64. The molecule has 132 valence electrons. The first-order chi connectivity index (χ1) is 12.7. The highest BCUT2D eigenvalue weighted by Crippen LogP contribution is 2.32. The smallest absolute Gasteiger partial charge is 0.351 e. The third kappa shape index (κ3) is 3.52. The maximum absolute atomic E-state index is 12.2. The molecule has 26 heavy (non-hydrogen) atoms. The van der Waals surface area contributed by atoms with Crippen molar-refractivity contribution in [3.63, 3.8) is 0 Å². The Labute approximate surface area is 159 Å². The van der Waals surface area contributed by atoms with Gasteiger partial charge in [0.2, 0.25) is 6.10 Å². The van der Waals surface area contributed by atoms with E-state index < -0.39 is 12.1 Å². The minimum absolute atomic E-state index is 0.0707. The number of hydrogen-bond acceptors (Lipinski definition) is 6. The van der Waals surface area contributed by atoms with Gasteiger partial charge in [-0.1, -0.05) is 41.9 Å². The molecule has 0 saturated heterocycles. The number of para-hydroxylation sites is 2. The van der Waals surface area contributed by atoms with E-state index in [4.69, 9.17) is 25.8 Å². The van der Waals surface area contributed by atoms with Crippen molar-refractivity contribution in [3.8, 4) is 22.1 Å². The Bertz CT molecular complexity index is 943. The molecule has 1 aliphatic rings. The Balaban J connectivity index is 1.38. The minimum atomic E-state index is -0.786. The lowest BCUT2D eigenvalue weighted by Crippen LogP contribution is -2.37. The highest BCUT2D eigenvalue weighted by Gasteiger charge is 2.28. The lowest BCUT2D eigenvalue weighted by atomic mass is 10.2. The molecule has 0 radical (unpaired) electrons. The van der Waals surface area contributed by atoms with Crippen LogP contribution in [0.15, 0.2) is 53.9 Å². The standard InChI is InChI=1S/C19H14ClNO4S/c20-14-6-2-1-5-13(14)18-21-12(11-26-18)9-24-19(22)17-10-23-15-7-3-4-8-16(15)25-17/h1-8,11,17H,9-10H2/t17-/m0/s1. The van der Waals surface area contributed by atoms with Gasteiger partial charge in [0.1, 0.15) is 18.2 Å². The highest BCUT2D eigenvalue weighted by atomic mass is 35.5. The summed E-state index contributed by atoms with van der Waals surface area (Å²) in [6.07, 6.45) is -0.786. The molecule has 0 spiro atoms. The van der Waals surface area contributed by atoms with Crippen LogP contribution in [0.5, 0.6) is 11.5 Å². The lowest BCUT2D eigenvalue weighted by molar-refractivity contribution is -0.156. The number of hydrogen-bond donors (Lipinski definition) is 0. The van der Waals surface area contributed by atoms with E-state index in [-0.39, 0.29) is 13.2 Å². The van der Waals surface area contributed by atoms with Crippen LogP contribution < -0.4 is 9.47 Å². The summed E-state index contributed by atoms with van der Waals surface area (Å²) in [5.74, 6) is 0.683. The van der Waals surface area contributed by atoms with Gasteiger partial charge >= 0.3 is 5.97 Å². The fraction of sp³-hybridized carbons (Fsp3) is 0.158. The second-order valence-electron chi connectivity index (χ2n) is 5.60. The Morgan fingerprint density at radius 1 is 1.19 bits per heavy atom. The predicted molar refractivity (Wildman–Crippen MR) is 98.7 cm³/mol. The first-order valence-corrected chi connectivity index (χ1v) is 9.21. The predicted octanol–water partition coefficient (Wildman–Crippen LogP) is 4.35. The maximum atomic E-state index is 12.2. The molecule has 0 amide bonds. The molecule has 3 aromatic rings. The van der Waals surface area contributed by atoms with Crippen molar-refractivity contribution >= 4 is 28.9 Å². The molecule has 7 heteroatoms. The van der Waals surface area contributed by atoms with Crippen molar-refractivity contribution in [1.29, 1.82) is 0 Å². The second kappa shape index (κ2) is 7.35. The summed E-state index contributed by atoms with van der Waals surface area (Å²) in [5, 5.41) is 3.27. The summed E-state index contributed by atoms with van der Waals surface area (Å²) in [6, 6.07) is 14.7. The Morgan fingerprint density at radius 2 is 1.96 bits per heavy atom. The number of rotatable bonds is 4. The number of esters is 1. The van der Waals surface area contributed by atoms with Crippen LogP contribution in [0.2, 0.25) is 5.02 Å². The Hall–Kier alpha value is -2.57. The first-order valence-electron chi connectivity index (χ1n) is 7.95. The topological polar surface area (TPSA) is 57.7 Å². The van der Waals surface area contributed by atoms with Crippen LogP contribution >= 0.6 is 22.9 Å². The van der Waals surface area contributed by atoms with Crippen molar-refractivity contribution < 1.29 is 19.0 Å². The van der Waals surface area contributed by atoms with E-state index in [1.807, 2.05) is 41.8 Å². The van der Waals surface area contributed by atoms with Crippen LogP contribution in [0.1, 0.15) is 5.69 Å². The van der Waals surface area contributed by atoms with Gasteiger partial charge in [-0.15, -0.1) is 11.3 Å². The van der Waals surface area contributed by atoms with E-state index in [9.17, 15) is 4.79 Å². The van der Waals surface area contributed by atoms with Gasteiger partial charge < -0.3 is 14.2 Å². The fourth-order valence-electron chi connectivity index (χ4n) is 2.51. The van der Waals surface area contributed by atoms with Gasteiger partial charge in [-0.3, -0.25) is 0 Å². The SMILES string of the molecule is O=C(OCc1csc(-c2ccccc2Cl)n1)[C@@H]1COc2ccccc2O1. The molecule has 4 rings (SSSR count). The average molecular weight is 388 g/mol. The normalized spacial score (nSPS) is 15.5. The number of carbonyl (C=O) groups is 1. The number of fused-ring (bicyclic) bond motifs is 1.